The minimum atomic E-state index is 0.0385. The number of para-hydroxylation sites is 2. The SMILES string of the molecule is Cc1nc2ccccc2n1[C@H]1C[C@H]2CC[C@@H](C1)N2CCC1(c2ccccc2)CCN(C(=O)n2ccnc2)CC1. The van der Waals surface area contributed by atoms with Crippen LogP contribution in [-0.4, -0.2) is 66.7 Å². The summed E-state index contributed by atoms with van der Waals surface area (Å²) in [6.07, 6.45) is 13.2. The average molecular weight is 523 g/mol. The van der Waals surface area contributed by atoms with Gasteiger partial charge in [-0.1, -0.05) is 42.5 Å². The minimum absolute atomic E-state index is 0.0385. The summed E-state index contributed by atoms with van der Waals surface area (Å²) in [6, 6.07) is 21.5. The Morgan fingerprint density at radius 1 is 0.949 bits per heavy atom. The normalized spacial score (nSPS) is 24.8. The molecule has 0 spiro atoms. The first-order valence-corrected chi connectivity index (χ1v) is 14.6. The summed E-state index contributed by atoms with van der Waals surface area (Å²) in [4.78, 5) is 26.7. The molecule has 3 fully saturated rings. The Balaban J connectivity index is 1.07. The number of carbonyl (C=O) groups is 1. The van der Waals surface area contributed by atoms with E-state index in [1.807, 2.05) is 4.90 Å². The summed E-state index contributed by atoms with van der Waals surface area (Å²) >= 11 is 0. The first-order chi connectivity index (χ1) is 19.1. The summed E-state index contributed by atoms with van der Waals surface area (Å²) in [7, 11) is 0. The number of rotatable bonds is 5. The topological polar surface area (TPSA) is 59.2 Å². The fourth-order valence-electron chi connectivity index (χ4n) is 7.93. The van der Waals surface area contributed by atoms with Crippen molar-refractivity contribution in [2.45, 2.75) is 75.4 Å². The minimum Gasteiger partial charge on any atom is -0.325 e. The van der Waals surface area contributed by atoms with Gasteiger partial charge in [0.2, 0.25) is 0 Å². The summed E-state index contributed by atoms with van der Waals surface area (Å²) in [5, 5.41) is 0. The molecule has 0 N–H and O–H groups in total. The van der Waals surface area contributed by atoms with E-state index < -0.39 is 0 Å². The van der Waals surface area contributed by atoms with Crippen molar-refractivity contribution >= 4 is 17.1 Å². The predicted octanol–water partition coefficient (Wildman–Crippen LogP) is 5.80. The number of piperidine rings is 2. The largest absolute Gasteiger partial charge is 0.329 e. The third-order valence-corrected chi connectivity index (χ3v) is 9.95. The molecule has 2 aromatic heterocycles. The van der Waals surface area contributed by atoms with Crippen molar-refractivity contribution in [1.82, 2.24) is 28.9 Å². The number of aromatic nitrogens is 4. The number of nitrogens with zero attached hydrogens (tertiary/aromatic N) is 6. The third-order valence-electron chi connectivity index (χ3n) is 9.95. The standard InChI is InChI=1S/C32H38N6O/c1-24-34-29-9-5-6-10-30(29)38(24)28-21-26-11-12-27(22-28)37(26)19-15-32(25-7-3-2-4-8-25)13-17-35(18-14-32)31(39)36-20-16-33-23-36/h2-10,16,20,23,26-28H,11-15,17-19,21-22H2,1H3/t26-,27+,28+. The molecule has 7 heteroatoms. The highest BCUT2D eigenvalue weighted by Crippen LogP contribution is 2.45. The van der Waals surface area contributed by atoms with Gasteiger partial charge < -0.3 is 9.47 Å². The number of likely N-dealkylation sites (tertiary alicyclic amines) is 1. The molecule has 202 valence electrons. The molecular formula is C32H38N6O. The quantitative estimate of drug-likeness (QED) is 0.332. The fraction of sp³-hybridized carbons (Fsp3) is 0.469. The van der Waals surface area contributed by atoms with Crippen molar-refractivity contribution < 1.29 is 4.79 Å². The van der Waals surface area contributed by atoms with E-state index in [0.717, 1.165) is 50.2 Å². The van der Waals surface area contributed by atoms with Crippen LogP contribution in [-0.2, 0) is 5.41 Å². The lowest BCUT2D eigenvalue weighted by molar-refractivity contribution is 0.0859. The van der Waals surface area contributed by atoms with Gasteiger partial charge in [-0.3, -0.25) is 9.47 Å². The van der Waals surface area contributed by atoms with E-state index in [2.05, 4.69) is 76.0 Å². The Morgan fingerprint density at radius 3 is 2.38 bits per heavy atom. The van der Waals surface area contributed by atoms with Crippen LogP contribution in [0.2, 0.25) is 0 Å². The van der Waals surface area contributed by atoms with Crippen LogP contribution in [0.3, 0.4) is 0 Å². The lowest BCUT2D eigenvalue weighted by Gasteiger charge is -2.45. The number of benzene rings is 2. The van der Waals surface area contributed by atoms with Crippen LogP contribution in [0.4, 0.5) is 4.79 Å². The molecule has 7 nitrogen and oxygen atoms in total. The molecule has 3 aliphatic heterocycles. The van der Waals surface area contributed by atoms with Crippen molar-refractivity contribution in [3.8, 4) is 0 Å². The summed E-state index contributed by atoms with van der Waals surface area (Å²) in [6.45, 7) is 4.87. The van der Waals surface area contributed by atoms with Gasteiger partial charge in [-0.05, 0) is 81.5 Å². The average Bonchev–Trinajstić information content (AvgIpc) is 3.68. The van der Waals surface area contributed by atoms with Gasteiger partial charge in [-0.2, -0.15) is 0 Å². The Bertz CT molecular complexity index is 1420. The zero-order chi connectivity index (χ0) is 26.4. The number of amides is 1. The maximum Gasteiger partial charge on any atom is 0.329 e. The summed E-state index contributed by atoms with van der Waals surface area (Å²) < 4.78 is 4.12. The molecule has 0 unspecified atom stereocenters. The van der Waals surface area contributed by atoms with Crippen molar-refractivity contribution in [3.05, 3.63) is 84.7 Å². The van der Waals surface area contributed by atoms with E-state index in [4.69, 9.17) is 4.98 Å². The number of imidazole rings is 2. The number of hydrogen-bond donors (Lipinski definition) is 0. The van der Waals surface area contributed by atoms with Crippen LogP contribution in [0.25, 0.3) is 11.0 Å². The van der Waals surface area contributed by atoms with E-state index >= 15 is 0 Å². The molecule has 0 aliphatic carbocycles. The predicted molar refractivity (Wildman–Crippen MR) is 153 cm³/mol. The van der Waals surface area contributed by atoms with Crippen molar-refractivity contribution in [2.75, 3.05) is 19.6 Å². The molecule has 4 aromatic rings. The molecule has 3 aliphatic rings. The molecule has 2 aromatic carbocycles. The second-order valence-corrected chi connectivity index (χ2v) is 11.9. The third kappa shape index (κ3) is 4.37. The second kappa shape index (κ2) is 9.94. The Hall–Kier alpha value is -3.45. The second-order valence-electron chi connectivity index (χ2n) is 11.9. The van der Waals surface area contributed by atoms with Crippen LogP contribution >= 0.6 is 0 Å². The number of carbonyl (C=O) groups excluding carboxylic acids is 1. The highest BCUT2D eigenvalue weighted by Gasteiger charge is 2.44. The highest BCUT2D eigenvalue weighted by atomic mass is 16.2. The Morgan fingerprint density at radius 2 is 1.67 bits per heavy atom. The van der Waals surface area contributed by atoms with Crippen molar-refractivity contribution in [3.63, 3.8) is 0 Å². The molecule has 1 amide bonds. The van der Waals surface area contributed by atoms with Crippen LogP contribution in [0.1, 0.15) is 62.4 Å². The zero-order valence-corrected chi connectivity index (χ0v) is 22.8. The maximum atomic E-state index is 13.0. The molecule has 5 heterocycles. The van der Waals surface area contributed by atoms with E-state index in [1.54, 1.807) is 23.3 Å². The molecule has 7 rings (SSSR count). The Kier molecular flexibility index (Phi) is 6.26. The zero-order valence-electron chi connectivity index (χ0n) is 22.8. The number of aryl methyl sites for hydroxylation is 1. The first kappa shape index (κ1) is 24.6. The van der Waals surface area contributed by atoms with E-state index in [9.17, 15) is 4.79 Å². The van der Waals surface area contributed by atoms with Gasteiger partial charge in [0.25, 0.3) is 0 Å². The highest BCUT2D eigenvalue weighted by molar-refractivity contribution is 5.77. The van der Waals surface area contributed by atoms with Crippen LogP contribution < -0.4 is 0 Å². The van der Waals surface area contributed by atoms with Gasteiger partial charge in [0.05, 0.1) is 11.0 Å². The molecule has 3 atom stereocenters. The first-order valence-electron chi connectivity index (χ1n) is 14.6. The smallest absolute Gasteiger partial charge is 0.325 e. The summed E-state index contributed by atoms with van der Waals surface area (Å²) in [5.41, 5.74) is 3.95. The van der Waals surface area contributed by atoms with E-state index in [1.165, 1.54) is 36.8 Å². The molecular weight excluding hydrogens is 484 g/mol. The van der Waals surface area contributed by atoms with Crippen LogP contribution in [0, 0.1) is 6.92 Å². The van der Waals surface area contributed by atoms with Crippen molar-refractivity contribution in [1.29, 1.82) is 0 Å². The lowest BCUT2D eigenvalue weighted by Crippen LogP contribution is -2.49. The lowest BCUT2D eigenvalue weighted by atomic mass is 9.70. The maximum absolute atomic E-state index is 13.0. The number of hydrogen-bond acceptors (Lipinski definition) is 4. The molecule has 3 saturated heterocycles. The van der Waals surface area contributed by atoms with Crippen LogP contribution in [0.15, 0.2) is 73.3 Å². The van der Waals surface area contributed by atoms with E-state index in [0.29, 0.717) is 18.1 Å². The number of fused-ring (bicyclic) bond motifs is 3. The molecule has 0 radical (unpaired) electrons. The monoisotopic (exact) mass is 522 g/mol. The van der Waals surface area contributed by atoms with Gasteiger partial charge in [0.1, 0.15) is 12.2 Å². The van der Waals surface area contributed by atoms with Gasteiger partial charge >= 0.3 is 6.03 Å². The van der Waals surface area contributed by atoms with Gasteiger partial charge in [-0.15, -0.1) is 0 Å². The van der Waals surface area contributed by atoms with Gasteiger partial charge in [-0.25, -0.2) is 14.8 Å². The molecule has 39 heavy (non-hydrogen) atoms. The van der Waals surface area contributed by atoms with Gasteiger partial charge in [0, 0.05) is 43.6 Å². The summed E-state index contributed by atoms with van der Waals surface area (Å²) in [5.74, 6) is 1.15. The Labute approximate surface area is 230 Å². The van der Waals surface area contributed by atoms with Gasteiger partial charge in [0.15, 0.2) is 0 Å². The fourth-order valence-corrected chi connectivity index (χ4v) is 7.93. The molecule has 2 bridgehead atoms. The van der Waals surface area contributed by atoms with Crippen LogP contribution in [0.5, 0.6) is 0 Å². The van der Waals surface area contributed by atoms with Crippen molar-refractivity contribution in [2.24, 2.45) is 0 Å². The molecule has 0 saturated carbocycles. The van der Waals surface area contributed by atoms with E-state index in [-0.39, 0.29) is 11.4 Å².